The molecule has 0 aromatic rings. The minimum Gasteiger partial charge on any atom is -0.539 e. The predicted octanol–water partition coefficient (Wildman–Crippen LogP) is 1.72. The smallest absolute Gasteiger partial charge is 0.539 e. The summed E-state index contributed by atoms with van der Waals surface area (Å²) >= 11 is 0. The molecule has 2 heterocycles. The van der Waals surface area contributed by atoms with Crippen molar-refractivity contribution in [1.29, 1.82) is 0 Å². The molecule has 0 aliphatic carbocycles. The van der Waals surface area contributed by atoms with Gasteiger partial charge in [-0.05, 0) is 27.7 Å². The average molecular weight is 222 g/mol. The first kappa shape index (κ1) is 11.6. The second-order valence-electron chi connectivity index (χ2n) is 5.08. The SMILES string of the molecule is C=C1OB(B2OC(=C)C(C)(C)O2)OC1(C)C. The van der Waals surface area contributed by atoms with E-state index >= 15 is 0 Å². The highest BCUT2D eigenvalue weighted by Crippen LogP contribution is 2.36. The summed E-state index contributed by atoms with van der Waals surface area (Å²) in [5.74, 6) is 1.17. The highest BCUT2D eigenvalue weighted by molar-refractivity contribution is 7.11. The Morgan fingerprint density at radius 3 is 1.31 bits per heavy atom. The lowest BCUT2D eigenvalue weighted by Crippen LogP contribution is -2.41. The van der Waals surface area contributed by atoms with E-state index in [1.807, 2.05) is 27.7 Å². The van der Waals surface area contributed by atoms with Gasteiger partial charge in [0, 0.05) is 0 Å². The Kier molecular flexibility index (Phi) is 2.40. The van der Waals surface area contributed by atoms with E-state index < -0.39 is 25.2 Å². The monoisotopic (exact) mass is 222 g/mol. The summed E-state index contributed by atoms with van der Waals surface area (Å²) in [6, 6.07) is 0. The maximum absolute atomic E-state index is 5.67. The van der Waals surface area contributed by atoms with Crippen molar-refractivity contribution in [1.82, 2.24) is 0 Å². The number of hydrogen-bond acceptors (Lipinski definition) is 4. The molecule has 2 rings (SSSR count). The number of hydrogen-bond donors (Lipinski definition) is 0. The maximum Gasteiger partial charge on any atom is 0.572 e. The van der Waals surface area contributed by atoms with E-state index in [1.165, 1.54) is 0 Å². The predicted molar refractivity (Wildman–Crippen MR) is 62.3 cm³/mol. The van der Waals surface area contributed by atoms with E-state index in [1.54, 1.807) is 0 Å². The van der Waals surface area contributed by atoms with Crippen LogP contribution in [0.25, 0.3) is 0 Å². The van der Waals surface area contributed by atoms with Gasteiger partial charge in [0.2, 0.25) is 0 Å². The highest BCUT2D eigenvalue weighted by atomic mass is 16.7. The minimum atomic E-state index is -0.582. The van der Waals surface area contributed by atoms with Crippen LogP contribution in [-0.4, -0.2) is 25.2 Å². The molecule has 0 N–H and O–H groups in total. The molecule has 4 nitrogen and oxygen atoms in total. The van der Waals surface area contributed by atoms with Crippen molar-refractivity contribution < 1.29 is 18.6 Å². The van der Waals surface area contributed by atoms with Crippen molar-refractivity contribution in [3.8, 4) is 0 Å². The first-order valence-corrected chi connectivity index (χ1v) is 5.30. The molecule has 0 atom stereocenters. The van der Waals surface area contributed by atoms with Crippen LogP contribution < -0.4 is 0 Å². The van der Waals surface area contributed by atoms with Crippen LogP contribution in [0.3, 0.4) is 0 Å². The van der Waals surface area contributed by atoms with Gasteiger partial charge in [-0.15, -0.1) is 0 Å². The molecule has 2 aliphatic rings. The summed E-state index contributed by atoms with van der Waals surface area (Å²) in [7, 11) is -1.16. The largest absolute Gasteiger partial charge is 0.572 e. The average Bonchev–Trinajstić information content (AvgIpc) is 2.53. The summed E-state index contributed by atoms with van der Waals surface area (Å²) in [5.41, 5.74) is -1.02. The quantitative estimate of drug-likeness (QED) is 0.632. The van der Waals surface area contributed by atoms with Crippen LogP contribution in [-0.2, 0) is 18.6 Å². The molecule has 0 spiro atoms. The summed E-state index contributed by atoms with van der Waals surface area (Å²) in [6.45, 7) is 15.2. The molecule has 0 aromatic carbocycles. The van der Waals surface area contributed by atoms with Gasteiger partial charge in [-0.25, -0.2) is 0 Å². The van der Waals surface area contributed by atoms with Gasteiger partial charge >= 0.3 is 14.0 Å². The van der Waals surface area contributed by atoms with Crippen LogP contribution in [0, 0.1) is 0 Å². The van der Waals surface area contributed by atoms with E-state index in [-0.39, 0.29) is 0 Å². The van der Waals surface area contributed by atoms with Crippen molar-refractivity contribution in [2.75, 3.05) is 0 Å². The summed E-state index contributed by atoms with van der Waals surface area (Å²) in [5, 5.41) is 0. The van der Waals surface area contributed by atoms with Crippen molar-refractivity contribution in [2.24, 2.45) is 0 Å². The molecule has 2 fully saturated rings. The molecular weight excluding hydrogens is 206 g/mol. The van der Waals surface area contributed by atoms with E-state index in [0.717, 1.165) is 0 Å². The molecule has 2 saturated heterocycles. The highest BCUT2D eigenvalue weighted by Gasteiger charge is 2.58. The van der Waals surface area contributed by atoms with Gasteiger partial charge < -0.3 is 18.6 Å². The van der Waals surface area contributed by atoms with Crippen LogP contribution in [0.2, 0.25) is 0 Å². The zero-order valence-corrected chi connectivity index (χ0v) is 10.2. The molecular formula is C10H16B2O4. The molecule has 2 aliphatic heterocycles. The van der Waals surface area contributed by atoms with Gasteiger partial charge in [0.1, 0.15) is 11.2 Å². The standard InChI is InChI=1S/C10H16B2O4/c1-7-9(3,4)15-11(13-7)12-14-8(2)10(5,6)16-12/h1-2H2,3-6H3. The minimum absolute atomic E-state index is 0.508. The Morgan fingerprint density at radius 2 is 1.12 bits per heavy atom. The van der Waals surface area contributed by atoms with Gasteiger partial charge in [0.25, 0.3) is 0 Å². The van der Waals surface area contributed by atoms with Crippen LogP contribution in [0.5, 0.6) is 0 Å². The fourth-order valence-electron chi connectivity index (χ4n) is 1.55. The topological polar surface area (TPSA) is 36.9 Å². The normalized spacial score (nSPS) is 27.0. The van der Waals surface area contributed by atoms with E-state index in [4.69, 9.17) is 18.6 Å². The van der Waals surface area contributed by atoms with E-state index in [0.29, 0.717) is 11.5 Å². The molecule has 0 amide bonds. The first-order valence-electron chi connectivity index (χ1n) is 5.30. The summed E-state index contributed by atoms with van der Waals surface area (Å²) in [6.07, 6.45) is 0. The first-order chi connectivity index (χ1) is 7.22. The number of rotatable bonds is 1. The molecule has 6 heteroatoms. The van der Waals surface area contributed by atoms with Gasteiger partial charge in [-0.3, -0.25) is 0 Å². The fourth-order valence-corrected chi connectivity index (χ4v) is 1.55. The van der Waals surface area contributed by atoms with E-state index in [2.05, 4.69) is 13.2 Å². The third kappa shape index (κ3) is 1.76. The molecule has 16 heavy (non-hydrogen) atoms. The molecule has 0 saturated carbocycles. The van der Waals surface area contributed by atoms with Crippen molar-refractivity contribution in [3.63, 3.8) is 0 Å². The molecule has 0 unspecified atom stereocenters. The molecule has 0 radical (unpaired) electrons. The van der Waals surface area contributed by atoms with Gasteiger partial charge in [-0.1, -0.05) is 13.2 Å². The lowest BCUT2D eigenvalue weighted by Gasteiger charge is -2.16. The summed E-state index contributed by atoms with van der Waals surface area (Å²) in [4.78, 5) is 0. The lowest BCUT2D eigenvalue weighted by atomic mass is 9.49. The lowest BCUT2D eigenvalue weighted by molar-refractivity contribution is 0.158. The second kappa shape index (κ2) is 3.31. The van der Waals surface area contributed by atoms with Gasteiger partial charge in [-0.2, -0.15) is 0 Å². The molecule has 0 bridgehead atoms. The fraction of sp³-hybridized carbons (Fsp3) is 0.600. The Labute approximate surface area is 96.9 Å². The van der Waals surface area contributed by atoms with Crippen molar-refractivity contribution >= 4 is 14.0 Å². The zero-order valence-electron chi connectivity index (χ0n) is 10.2. The Morgan fingerprint density at radius 1 is 0.812 bits per heavy atom. The Hall–Kier alpha value is -0.870. The molecule has 0 aromatic heterocycles. The second-order valence-corrected chi connectivity index (χ2v) is 5.08. The maximum atomic E-state index is 5.67. The third-order valence-electron chi connectivity index (χ3n) is 2.90. The van der Waals surface area contributed by atoms with Crippen LogP contribution in [0.15, 0.2) is 24.7 Å². The van der Waals surface area contributed by atoms with Crippen LogP contribution >= 0.6 is 0 Å². The Balaban J connectivity index is 2.08. The zero-order chi connectivity index (χ0) is 12.1. The Bertz CT molecular complexity index is 317. The molecule has 86 valence electrons. The van der Waals surface area contributed by atoms with Crippen LogP contribution in [0.4, 0.5) is 0 Å². The summed E-state index contributed by atoms with van der Waals surface area (Å²) < 4.78 is 22.3. The van der Waals surface area contributed by atoms with E-state index in [9.17, 15) is 0 Å². The van der Waals surface area contributed by atoms with Gasteiger partial charge in [0.05, 0.1) is 11.5 Å². The van der Waals surface area contributed by atoms with Gasteiger partial charge in [0.15, 0.2) is 0 Å². The van der Waals surface area contributed by atoms with Crippen molar-refractivity contribution in [2.45, 2.75) is 38.9 Å². The third-order valence-corrected chi connectivity index (χ3v) is 2.90. The van der Waals surface area contributed by atoms with Crippen LogP contribution in [0.1, 0.15) is 27.7 Å². The van der Waals surface area contributed by atoms with Crippen molar-refractivity contribution in [3.05, 3.63) is 24.7 Å².